The fourth-order valence-corrected chi connectivity index (χ4v) is 5.14. The second-order valence-electron chi connectivity index (χ2n) is 8.32. The molecule has 36 heavy (non-hydrogen) atoms. The van der Waals surface area contributed by atoms with Gasteiger partial charge in [-0.15, -0.1) is 11.3 Å². The van der Waals surface area contributed by atoms with Gasteiger partial charge in [-0.05, 0) is 43.3 Å². The summed E-state index contributed by atoms with van der Waals surface area (Å²) in [5, 5.41) is 0.638. The summed E-state index contributed by atoms with van der Waals surface area (Å²) >= 11 is 7.46. The number of nitrogens with zero attached hydrogens (tertiary/aromatic N) is 3. The van der Waals surface area contributed by atoms with E-state index < -0.39 is 12.1 Å². The third-order valence-corrected chi connectivity index (χ3v) is 7.26. The van der Waals surface area contributed by atoms with Crippen molar-refractivity contribution in [3.63, 3.8) is 0 Å². The van der Waals surface area contributed by atoms with Crippen LogP contribution < -0.4 is 0 Å². The maximum atomic E-state index is 13.2. The number of hydrogen-bond acceptors (Lipinski definition) is 7. The molecule has 5 rings (SSSR count). The Morgan fingerprint density at radius 2 is 1.78 bits per heavy atom. The van der Waals surface area contributed by atoms with Crippen molar-refractivity contribution in [3.05, 3.63) is 76.5 Å². The van der Waals surface area contributed by atoms with Gasteiger partial charge in [0.1, 0.15) is 0 Å². The number of carbonyl (C=O) groups is 3. The molecular formula is C26H22ClN3O5S. The lowest BCUT2D eigenvalue weighted by Gasteiger charge is -2.35. The normalized spacial score (nSPS) is 14.6. The van der Waals surface area contributed by atoms with Crippen molar-refractivity contribution in [2.45, 2.75) is 13.0 Å². The van der Waals surface area contributed by atoms with Gasteiger partial charge in [-0.3, -0.25) is 9.59 Å². The number of hydrogen-bond donors (Lipinski definition) is 0. The van der Waals surface area contributed by atoms with Gasteiger partial charge in [-0.25, -0.2) is 9.78 Å². The predicted molar refractivity (Wildman–Crippen MR) is 136 cm³/mol. The van der Waals surface area contributed by atoms with Gasteiger partial charge in [0.25, 0.3) is 11.8 Å². The van der Waals surface area contributed by atoms with E-state index in [0.717, 1.165) is 4.88 Å². The summed E-state index contributed by atoms with van der Waals surface area (Å²) in [6.45, 7) is 2.98. The molecule has 0 unspecified atom stereocenters. The van der Waals surface area contributed by atoms with Gasteiger partial charge < -0.3 is 19.0 Å². The number of halogens is 1. The van der Waals surface area contributed by atoms with Gasteiger partial charge in [0.15, 0.2) is 11.9 Å². The van der Waals surface area contributed by atoms with E-state index in [-0.39, 0.29) is 17.6 Å². The van der Waals surface area contributed by atoms with Crippen LogP contribution in [0, 0.1) is 0 Å². The van der Waals surface area contributed by atoms with Crippen molar-refractivity contribution in [1.82, 2.24) is 14.8 Å². The highest BCUT2D eigenvalue weighted by Crippen LogP contribution is 2.32. The number of fused-ring (bicyclic) bond motifs is 1. The zero-order valence-electron chi connectivity index (χ0n) is 19.3. The summed E-state index contributed by atoms with van der Waals surface area (Å²) in [7, 11) is 0. The minimum absolute atomic E-state index is 0.209. The highest BCUT2D eigenvalue weighted by Gasteiger charge is 2.30. The van der Waals surface area contributed by atoms with E-state index in [1.54, 1.807) is 47.1 Å². The SMILES string of the molecule is C[C@@H](OC(=O)c1cc(-c2ccc(Cl)s2)nc2ccccc12)C(=O)N1CCN(C(=O)c2ccco2)CC1. The lowest BCUT2D eigenvalue weighted by atomic mass is 10.1. The van der Waals surface area contributed by atoms with Crippen LogP contribution in [0.5, 0.6) is 0 Å². The number of carbonyl (C=O) groups excluding carboxylic acids is 3. The van der Waals surface area contributed by atoms with Crippen LogP contribution >= 0.6 is 22.9 Å². The van der Waals surface area contributed by atoms with Crippen molar-refractivity contribution in [2.24, 2.45) is 0 Å². The minimum atomic E-state index is -0.989. The van der Waals surface area contributed by atoms with Gasteiger partial charge in [0, 0.05) is 31.6 Å². The number of piperazine rings is 1. The molecule has 1 aliphatic rings. The van der Waals surface area contributed by atoms with Crippen molar-refractivity contribution in [3.8, 4) is 10.6 Å². The molecule has 1 aliphatic heterocycles. The van der Waals surface area contributed by atoms with Crippen LogP contribution in [-0.2, 0) is 9.53 Å². The van der Waals surface area contributed by atoms with Gasteiger partial charge in [-0.2, -0.15) is 0 Å². The number of esters is 1. The number of para-hydroxylation sites is 1. The lowest BCUT2D eigenvalue weighted by molar-refractivity contribution is -0.141. The van der Waals surface area contributed by atoms with Gasteiger partial charge >= 0.3 is 5.97 Å². The van der Waals surface area contributed by atoms with E-state index in [4.69, 9.17) is 20.8 Å². The Hall–Kier alpha value is -3.69. The molecule has 0 saturated carbocycles. The van der Waals surface area contributed by atoms with Crippen molar-refractivity contribution < 1.29 is 23.5 Å². The van der Waals surface area contributed by atoms with Crippen LogP contribution in [0.3, 0.4) is 0 Å². The molecule has 1 fully saturated rings. The van der Waals surface area contributed by atoms with Crippen LogP contribution in [0.4, 0.5) is 0 Å². The molecule has 3 aromatic heterocycles. The average Bonchev–Trinajstić information content (AvgIpc) is 3.59. The third kappa shape index (κ3) is 4.84. The number of amides is 2. The molecule has 2 amide bonds. The molecule has 0 aliphatic carbocycles. The number of pyridine rings is 1. The fourth-order valence-electron chi connectivity index (χ4n) is 4.14. The predicted octanol–water partition coefficient (Wildman–Crippen LogP) is 4.74. The molecule has 10 heteroatoms. The molecule has 1 aromatic carbocycles. The first-order valence-corrected chi connectivity index (χ1v) is 12.6. The van der Waals surface area contributed by atoms with Crippen LogP contribution in [0.25, 0.3) is 21.5 Å². The minimum Gasteiger partial charge on any atom is -0.459 e. The third-order valence-electron chi connectivity index (χ3n) is 6.00. The molecule has 0 spiro atoms. The monoisotopic (exact) mass is 523 g/mol. The van der Waals surface area contributed by atoms with Crippen LogP contribution in [0.15, 0.2) is 65.3 Å². The number of rotatable bonds is 5. The topological polar surface area (TPSA) is 93.0 Å². The number of furan rings is 1. The largest absolute Gasteiger partial charge is 0.459 e. The average molecular weight is 524 g/mol. The van der Waals surface area contributed by atoms with Crippen molar-refractivity contribution in [2.75, 3.05) is 26.2 Å². The van der Waals surface area contributed by atoms with Crippen molar-refractivity contribution in [1.29, 1.82) is 0 Å². The quantitative estimate of drug-likeness (QED) is 0.351. The summed E-state index contributed by atoms with van der Waals surface area (Å²) in [6.07, 6.45) is 0.463. The molecule has 0 radical (unpaired) electrons. The number of aromatic nitrogens is 1. The van der Waals surface area contributed by atoms with Gasteiger partial charge in [-0.1, -0.05) is 29.8 Å². The lowest BCUT2D eigenvalue weighted by Crippen LogP contribution is -2.53. The molecule has 1 saturated heterocycles. The van der Waals surface area contributed by atoms with Crippen LogP contribution in [0.1, 0.15) is 27.8 Å². The van der Waals surface area contributed by atoms with Gasteiger partial charge in [0.2, 0.25) is 0 Å². The van der Waals surface area contributed by atoms with E-state index in [9.17, 15) is 14.4 Å². The van der Waals surface area contributed by atoms with Crippen LogP contribution in [0.2, 0.25) is 4.34 Å². The zero-order valence-corrected chi connectivity index (χ0v) is 20.9. The highest BCUT2D eigenvalue weighted by molar-refractivity contribution is 7.19. The van der Waals surface area contributed by atoms with Crippen LogP contribution in [-0.4, -0.2) is 64.9 Å². The Morgan fingerprint density at radius 3 is 2.47 bits per heavy atom. The molecule has 4 heterocycles. The molecule has 8 nitrogen and oxygen atoms in total. The smallest absolute Gasteiger partial charge is 0.339 e. The summed E-state index contributed by atoms with van der Waals surface area (Å²) < 4.78 is 11.4. The van der Waals surface area contributed by atoms with Crippen molar-refractivity contribution >= 4 is 51.6 Å². The maximum absolute atomic E-state index is 13.2. The Morgan fingerprint density at radius 1 is 1.03 bits per heavy atom. The summed E-state index contributed by atoms with van der Waals surface area (Å²) in [5.74, 6) is -0.855. The molecule has 0 N–H and O–H groups in total. The molecule has 0 bridgehead atoms. The molecule has 1 atom stereocenters. The fraction of sp³-hybridized carbons (Fsp3) is 0.231. The van der Waals surface area contributed by atoms with E-state index in [1.165, 1.54) is 17.6 Å². The number of benzene rings is 1. The molecule has 184 valence electrons. The van der Waals surface area contributed by atoms with E-state index in [2.05, 4.69) is 4.98 Å². The standard InChI is InChI=1S/C26H22ClN3O5S/c1-16(24(31)29-10-12-30(13-11-29)25(32)21-7-4-14-34-21)35-26(33)18-15-20(22-8-9-23(27)36-22)28-19-6-3-2-5-17(18)19/h2-9,14-16H,10-13H2,1H3/t16-/m1/s1. The van der Waals surface area contributed by atoms with Gasteiger partial charge in [0.05, 0.1) is 32.3 Å². The summed E-state index contributed by atoms with van der Waals surface area (Å²) in [6, 6.07) is 15.9. The Labute approximate surface area is 216 Å². The second-order valence-corrected chi connectivity index (χ2v) is 10.0. The number of thiophene rings is 1. The zero-order chi connectivity index (χ0) is 25.2. The first-order chi connectivity index (χ1) is 17.4. The summed E-state index contributed by atoms with van der Waals surface area (Å²) in [4.78, 5) is 47.4. The second kappa shape index (κ2) is 10.1. The first-order valence-electron chi connectivity index (χ1n) is 11.4. The first kappa shape index (κ1) is 24.0. The van der Waals surface area contributed by atoms with E-state index in [1.807, 2.05) is 24.3 Å². The van der Waals surface area contributed by atoms with E-state index in [0.29, 0.717) is 52.7 Å². The Balaban J connectivity index is 1.28. The Kier molecular flexibility index (Phi) is 6.75. The van der Waals surface area contributed by atoms with E-state index >= 15 is 0 Å². The number of ether oxygens (including phenoxy) is 1. The molecular weight excluding hydrogens is 502 g/mol. The molecule has 4 aromatic rings. The highest BCUT2D eigenvalue weighted by atomic mass is 35.5. The Bertz CT molecular complexity index is 1430. The summed E-state index contributed by atoms with van der Waals surface area (Å²) in [5.41, 5.74) is 1.57. The maximum Gasteiger partial charge on any atom is 0.339 e.